The molecule has 0 aliphatic heterocycles. The number of rotatable bonds is 2. The Morgan fingerprint density at radius 2 is 1.89 bits per heavy atom. The standard InChI is InChI=1S/C15H19N3/c1-11-6-2-3-7-12(11)17-15-10-16-13-8-4-5-9-14(13)18-15/h4-5,8-12H,2-3,6-7H2,1H3,(H,17,18). The number of nitrogens with one attached hydrogen (secondary N) is 1. The molecule has 2 aromatic rings. The van der Waals surface area contributed by atoms with E-state index in [4.69, 9.17) is 0 Å². The molecule has 1 heterocycles. The second kappa shape index (κ2) is 4.92. The number of fused-ring (bicyclic) bond motifs is 1. The normalized spacial score (nSPS) is 24.1. The van der Waals surface area contributed by atoms with Gasteiger partial charge in [-0.25, -0.2) is 4.98 Å². The molecule has 0 spiro atoms. The summed E-state index contributed by atoms with van der Waals surface area (Å²) in [5, 5.41) is 3.55. The van der Waals surface area contributed by atoms with Crippen molar-refractivity contribution >= 4 is 16.9 Å². The van der Waals surface area contributed by atoms with Gasteiger partial charge in [0.2, 0.25) is 0 Å². The van der Waals surface area contributed by atoms with Crippen molar-refractivity contribution in [2.75, 3.05) is 5.32 Å². The molecule has 3 rings (SSSR count). The molecule has 1 aromatic heterocycles. The Bertz CT molecular complexity index is 538. The molecule has 1 saturated carbocycles. The molecular formula is C15H19N3. The van der Waals surface area contributed by atoms with Crippen molar-refractivity contribution in [2.45, 2.75) is 38.6 Å². The van der Waals surface area contributed by atoms with Crippen LogP contribution in [0.1, 0.15) is 32.6 Å². The lowest BCUT2D eigenvalue weighted by atomic mass is 9.86. The van der Waals surface area contributed by atoms with Gasteiger partial charge in [0.05, 0.1) is 17.2 Å². The number of nitrogens with zero attached hydrogens (tertiary/aromatic N) is 2. The number of anilines is 1. The van der Waals surface area contributed by atoms with E-state index < -0.39 is 0 Å². The van der Waals surface area contributed by atoms with Gasteiger partial charge in [-0.2, -0.15) is 0 Å². The summed E-state index contributed by atoms with van der Waals surface area (Å²) in [4.78, 5) is 9.08. The van der Waals surface area contributed by atoms with Gasteiger partial charge in [-0.15, -0.1) is 0 Å². The van der Waals surface area contributed by atoms with Crippen LogP contribution in [0.2, 0.25) is 0 Å². The Balaban J connectivity index is 1.81. The molecule has 3 heteroatoms. The Labute approximate surface area is 108 Å². The van der Waals surface area contributed by atoms with E-state index in [-0.39, 0.29) is 0 Å². The van der Waals surface area contributed by atoms with Gasteiger partial charge in [0.15, 0.2) is 0 Å². The highest BCUT2D eigenvalue weighted by Crippen LogP contribution is 2.26. The minimum atomic E-state index is 0.550. The largest absolute Gasteiger partial charge is 0.366 e. The Kier molecular flexibility index (Phi) is 3.13. The maximum absolute atomic E-state index is 4.63. The molecule has 0 amide bonds. The van der Waals surface area contributed by atoms with E-state index in [2.05, 4.69) is 22.2 Å². The molecule has 1 fully saturated rings. The summed E-state index contributed by atoms with van der Waals surface area (Å²) in [7, 11) is 0. The first kappa shape index (κ1) is 11.5. The predicted octanol–water partition coefficient (Wildman–Crippen LogP) is 3.62. The summed E-state index contributed by atoms with van der Waals surface area (Å²) in [6, 6.07) is 8.55. The van der Waals surface area contributed by atoms with Crippen LogP contribution in [0.5, 0.6) is 0 Å². The summed E-state index contributed by atoms with van der Waals surface area (Å²) < 4.78 is 0. The predicted molar refractivity (Wildman–Crippen MR) is 74.6 cm³/mol. The van der Waals surface area contributed by atoms with Crippen molar-refractivity contribution in [2.24, 2.45) is 5.92 Å². The summed E-state index contributed by atoms with van der Waals surface area (Å²) in [5.74, 6) is 1.64. The van der Waals surface area contributed by atoms with Crippen molar-refractivity contribution in [1.82, 2.24) is 9.97 Å². The first-order chi connectivity index (χ1) is 8.83. The zero-order valence-corrected chi connectivity index (χ0v) is 10.8. The number of benzene rings is 1. The summed E-state index contributed by atoms with van der Waals surface area (Å²) in [6.07, 6.45) is 7.10. The molecule has 2 unspecified atom stereocenters. The van der Waals surface area contributed by atoms with Crippen molar-refractivity contribution in [3.05, 3.63) is 30.5 Å². The smallest absolute Gasteiger partial charge is 0.145 e. The summed E-state index contributed by atoms with van der Waals surface area (Å²) >= 11 is 0. The van der Waals surface area contributed by atoms with Crippen LogP contribution in [-0.2, 0) is 0 Å². The molecule has 94 valence electrons. The molecule has 2 atom stereocenters. The van der Waals surface area contributed by atoms with Gasteiger partial charge in [0.25, 0.3) is 0 Å². The van der Waals surface area contributed by atoms with E-state index in [1.165, 1.54) is 25.7 Å². The lowest BCUT2D eigenvalue weighted by Crippen LogP contribution is -2.30. The van der Waals surface area contributed by atoms with E-state index in [1.807, 2.05) is 30.5 Å². The number of para-hydroxylation sites is 2. The van der Waals surface area contributed by atoms with Gasteiger partial charge in [0, 0.05) is 6.04 Å². The SMILES string of the molecule is CC1CCCCC1Nc1cnc2ccccc2n1. The average molecular weight is 241 g/mol. The first-order valence-corrected chi connectivity index (χ1v) is 6.81. The van der Waals surface area contributed by atoms with Crippen LogP contribution in [0.15, 0.2) is 30.5 Å². The molecule has 1 aliphatic rings. The van der Waals surface area contributed by atoms with E-state index >= 15 is 0 Å². The Hall–Kier alpha value is -1.64. The molecule has 1 aliphatic carbocycles. The highest BCUT2D eigenvalue weighted by atomic mass is 15.0. The fourth-order valence-corrected chi connectivity index (χ4v) is 2.75. The van der Waals surface area contributed by atoms with Crippen LogP contribution in [0.3, 0.4) is 0 Å². The third-order valence-electron chi connectivity index (χ3n) is 3.89. The fourth-order valence-electron chi connectivity index (χ4n) is 2.75. The van der Waals surface area contributed by atoms with Gasteiger partial charge >= 0.3 is 0 Å². The molecule has 1 N–H and O–H groups in total. The zero-order valence-electron chi connectivity index (χ0n) is 10.8. The maximum atomic E-state index is 4.63. The van der Waals surface area contributed by atoms with Gasteiger partial charge in [0.1, 0.15) is 5.82 Å². The monoisotopic (exact) mass is 241 g/mol. The zero-order chi connectivity index (χ0) is 12.4. The molecule has 18 heavy (non-hydrogen) atoms. The quantitative estimate of drug-likeness (QED) is 0.872. The molecule has 0 radical (unpaired) electrons. The Morgan fingerprint density at radius 1 is 1.11 bits per heavy atom. The molecular weight excluding hydrogens is 222 g/mol. The minimum absolute atomic E-state index is 0.550. The maximum Gasteiger partial charge on any atom is 0.145 e. The van der Waals surface area contributed by atoms with E-state index in [0.29, 0.717) is 6.04 Å². The van der Waals surface area contributed by atoms with Crippen LogP contribution in [0, 0.1) is 5.92 Å². The first-order valence-electron chi connectivity index (χ1n) is 6.81. The van der Waals surface area contributed by atoms with Crippen LogP contribution in [-0.4, -0.2) is 16.0 Å². The third-order valence-corrected chi connectivity index (χ3v) is 3.89. The molecule has 0 bridgehead atoms. The van der Waals surface area contributed by atoms with Gasteiger partial charge in [-0.3, -0.25) is 4.98 Å². The summed E-state index contributed by atoms with van der Waals surface area (Å²) in [5.41, 5.74) is 1.92. The van der Waals surface area contributed by atoms with Crippen molar-refractivity contribution in [3.8, 4) is 0 Å². The molecule has 1 aromatic carbocycles. The number of hydrogen-bond donors (Lipinski definition) is 1. The van der Waals surface area contributed by atoms with Gasteiger partial charge < -0.3 is 5.32 Å². The lowest BCUT2D eigenvalue weighted by molar-refractivity contribution is 0.349. The highest BCUT2D eigenvalue weighted by molar-refractivity contribution is 5.75. The second-order valence-corrected chi connectivity index (χ2v) is 5.26. The van der Waals surface area contributed by atoms with Crippen molar-refractivity contribution < 1.29 is 0 Å². The van der Waals surface area contributed by atoms with Crippen molar-refractivity contribution in [1.29, 1.82) is 0 Å². The van der Waals surface area contributed by atoms with Gasteiger partial charge in [-0.05, 0) is 30.9 Å². The topological polar surface area (TPSA) is 37.8 Å². The van der Waals surface area contributed by atoms with Crippen LogP contribution < -0.4 is 5.32 Å². The van der Waals surface area contributed by atoms with E-state index in [1.54, 1.807) is 0 Å². The van der Waals surface area contributed by atoms with Gasteiger partial charge in [-0.1, -0.05) is 31.9 Å². The highest BCUT2D eigenvalue weighted by Gasteiger charge is 2.21. The second-order valence-electron chi connectivity index (χ2n) is 5.26. The van der Waals surface area contributed by atoms with Crippen LogP contribution in [0.25, 0.3) is 11.0 Å². The van der Waals surface area contributed by atoms with Crippen molar-refractivity contribution in [3.63, 3.8) is 0 Å². The number of aromatic nitrogens is 2. The van der Waals surface area contributed by atoms with Crippen LogP contribution in [0.4, 0.5) is 5.82 Å². The lowest BCUT2D eigenvalue weighted by Gasteiger charge is -2.29. The number of hydrogen-bond acceptors (Lipinski definition) is 3. The minimum Gasteiger partial charge on any atom is -0.366 e. The Morgan fingerprint density at radius 3 is 2.72 bits per heavy atom. The van der Waals surface area contributed by atoms with E-state index in [9.17, 15) is 0 Å². The fraction of sp³-hybridized carbons (Fsp3) is 0.467. The third kappa shape index (κ3) is 2.30. The summed E-state index contributed by atoms with van der Waals surface area (Å²) in [6.45, 7) is 2.32. The molecule has 3 nitrogen and oxygen atoms in total. The van der Waals surface area contributed by atoms with Crippen LogP contribution >= 0.6 is 0 Å². The van der Waals surface area contributed by atoms with E-state index in [0.717, 1.165) is 22.8 Å². The average Bonchev–Trinajstić information content (AvgIpc) is 2.41. The molecule has 0 saturated heterocycles.